The van der Waals surface area contributed by atoms with Gasteiger partial charge in [0.25, 0.3) is 0 Å². The molecule has 0 amide bonds. The third-order valence-electron chi connectivity index (χ3n) is 3.67. The number of nitrogens with two attached hydrogens (primary N) is 1. The fourth-order valence-corrected chi connectivity index (χ4v) is 2.61. The Bertz CT molecular complexity index is 369. The lowest BCUT2D eigenvalue weighted by Gasteiger charge is -2.22. The summed E-state index contributed by atoms with van der Waals surface area (Å²) in [5.41, 5.74) is 5.87. The minimum atomic E-state index is 0.436. The second-order valence-corrected chi connectivity index (χ2v) is 5.51. The first-order valence-electron chi connectivity index (χ1n) is 6.46. The van der Waals surface area contributed by atoms with Crippen LogP contribution in [0.15, 0.2) is 24.3 Å². The average Bonchev–Trinajstić information content (AvgIpc) is 2.79. The van der Waals surface area contributed by atoms with Crippen molar-refractivity contribution in [3.8, 4) is 5.75 Å². The van der Waals surface area contributed by atoms with Gasteiger partial charge >= 0.3 is 0 Å². The van der Waals surface area contributed by atoms with Crippen LogP contribution in [0, 0.1) is 11.8 Å². The third kappa shape index (κ3) is 3.61. The molecule has 1 fully saturated rings. The molecule has 4 heteroatoms. The predicted molar refractivity (Wildman–Crippen MR) is 75.1 cm³/mol. The Kier molecular flexibility index (Phi) is 4.87. The minimum Gasteiger partial charge on any atom is -0.493 e. The number of hydrogen-bond donors (Lipinski definition) is 1. The molecule has 2 rings (SSSR count). The van der Waals surface area contributed by atoms with Crippen LogP contribution in [0.1, 0.15) is 6.42 Å². The maximum absolute atomic E-state index is 5.87. The maximum Gasteiger partial charge on any atom is 0.119 e. The van der Waals surface area contributed by atoms with Gasteiger partial charge in [-0.05, 0) is 56.7 Å². The molecular weight excluding hydrogens is 248 g/mol. The first kappa shape index (κ1) is 13.7. The molecular formula is C14H21ClN2O. The zero-order valence-corrected chi connectivity index (χ0v) is 11.6. The summed E-state index contributed by atoms with van der Waals surface area (Å²) in [4.78, 5) is 2.36. The quantitative estimate of drug-likeness (QED) is 0.890. The monoisotopic (exact) mass is 268 g/mol. The summed E-state index contributed by atoms with van der Waals surface area (Å²) in [7, 11) is 2.16. The molecule has 2 unspecified atom stereocenters. The number of benzene rings is 1. The van der Waals surface area contributed by atoms with Gasteiger partial charge in [0.2, 0.25) is 0 Å². The second kappa shape index (κ2) is 6.41. The van der Waals surface area contributed by atoms with E-state index in [9.17, 15) is 0 Å². The molecule has 0 aromatic heterocycles. The number of rotatable bonds is 5. The number of halogens is 1. The van der Waals surface area contributed by atoms with Gasteiger partial charge in [-0.2, -0.15) is 0 Å². The Morgan fingerprint density at radius 1 is 1.44 bits per heavy atom. The van der Waals surface area contributed by atoms with Crippen LogP contribution in [0.5, 0.6) is 5.75 Å². The van der Waals surface area contributed by atoms with E-state index in [1.54, 1.807) is 0 Å². The van der Waals surface area contributed by atoms with Crippen LogP contribution in [0.3, 0.4) is 0 Å². The summed E-state index contributed by atoms with van der Waals surface area (Å²) in [6.45, 7) is 3.68. The molecule has 0 aliphatic carbocycles. The highest BCUT2D eigenvalue weighted by molar-refractivity contribution is 6.30. The standard InChI is InChI=1S/C14H21ClN2O/c1-17-7-6-11(9-17)12(8-16)10-18-14-4-2-13(15)3-5-14/h2-5,11-12H,6-10,16H2,1H3. The van der Waals surface area contributed by atoms with Crippen molar-refractivity contribution in [2.45, 2.75) is 6.42 Å². The highest BCUT2D eigenvalue weighted by atomic mass is 35.5. The first-order chi connectivity index (χ1) is 8.69. The third-order valence-corrected chi connectivity index (χ3v) is 3.93. The van der Waals surface area contributed by atoms with Crippen molar-refractivity contribution in [1.29, 1.82) is 0 Å². The Hall–Kier alpha value is -0.770. The summed E-state index contributed by atoms with van der Waals surface area (Å²) in [5, 5.41) is 0.732. The number of nitrogens with zero attached hydrogens (tertiary/aromatic N) is 1. The van der Waals surface area contributed by atoms with E-state index in [0.29, 0.717) is 25.0 Å². The van der Waals surface area contributed by atoms with E-state index in [-0.39, 0.29) is 0 Å². The lowest BCUT2D eigenvalue weighted by Crippen LogP contribution is -2.30. The van der Waals surface area contributed by atoms with Gasteiger partial charge in [0, 0.05) is 17.5 Å². The van der Waals surface area contributed by atoms with Gasteiger partial charge in [-0.1, -0.05) is 11.6 Å². The SMILES string of the molecule is CN1CCC(C(CN)COc2ccc(Cl)cc2)C1. The van der Waals surface area contributed by atoms with E-state index in [2.05, 4.69) is 11.9 Å². The Morgan fingerprint density at radius 3 is 2.72 bits per heavy atom. The molecule has 0 bridgehead atoms. The molecule has 1 aliphatic rings. The van der Waals surface area contributed by atoms with Gasteiger partial charge in [0.1, 0.15) is 5.75 Å². The second-order valence-electron chi connectivity index (χ2n) is 5.07. The van der Waals surface area contributed by atoms with E-state index < -0.39 is 0 Å². The molecule has 1 aromatic carbocycles. The largest absolute Gasteiger partial charge is 0.493 e. The van der Waals surface area contributed by atoms with E-state index in [1.807, 2.05) is 24.3 Å². The van der Waals surface area contributed by atoms with Gasteiger partial charge in [-0.15, -0.1) is 0 Å². The fourth-order valence-electron chi connectivity index (χ4n) is 2.48. The van der Waals surface area contributed by atoms with Crippen molar-refractivity contribution < 1.29 is 4.74 Å². The molecule has 0 radical (unpaired) electrons. The number of likely N-dealkylation sites (tertiary alicyclic amines) is 1. The van der Waals surface area contributed by atoms with Crippen LogP contribution in [0.25, 0.3) is 0 Å². The first-order valence-corrected chi connectivity index (χ1v) is 6.84. The normalized spacial score (nSPS) is 22.1. The van der Waals surface area contributed by atoms with Crippen LogP contribution in [-0.4, -0.2) is 38.2 Å². The Balaban J connectivity index is 1.85. The molecule has 1 aliphatic heterocycles. The summed E-state index contributed by atoms with van der Waals surface area (Å²) >= 11 is 5.84. The minimum absolute atomic E-state index is 0.436. The number of ether oxygens (including phenoxy) is 1. The van der Waals surface area contributed by atoms with Crippen molar-refractivity contribution in [3.05, 3.63) is 29.3 Å². The summed E-state index contributed by atoms with van der Waals surface area (Å²) < 4.78 is 5.80. The topological polar surface area (TPSA) is 38.5 Å². The predicted octanol–water partition coefficient (Wildman–Crippen LogP) is 2.25. The molecule has 18 heavy (non-hydrogen) atoms. The van der Waals surface area contributed by atoms with Gasteiger partial charge in [0.15, 0.2) is 0 Å². The van der Waals surface area contributed by atoms with Crippen molar-refractivity contribution in [1.82, 2.24) is 4.90 Å². The summed E-state index contributed by atoms with van der Waals surface area (Å²) in [5.74, 6) is 1.96. The zero-order chi connectivity index (χ0) is 13.0. The smallest absolute Gasteiger partial charge is 0.119 e. The molecule has 1 aromatic rings. The zero-order valence-electron chi connectivity index (χ0n) is 10.8. The van der Waals surface area contributed by atoms with Crippen molar-refractivity contribution in [2.24, 2.45) is 17.6 Å². The van der Waals surface area contributed by atoms with Gasteiger partial charge in [0.05, 0.1) is 6.61 Å². The highest BCUT2D eigenvalue weighted by Crippen LogP contribution is 2.24. The molecule has 0 saturated carbocycles. The molecule has 0 spiro atoms. The van der Waals surface area contributed by atoms with Crippen LogP contribution in [0.2, 0.25) is 5.02 Å². The Morgan fingerprint density at radius 2 is 2.17 bits per heavy atom. The fraction of sp³-hybridized carbons (Fsp3) is 0.571. The lowest BCUT2D eigenvalue weighted by molar-refractivity contribution is 0.199. The molecule has 2 atom stereocenters. The van der Waals surface area contributed by atoms with Crippen LogP contribution < -0.4 is 10.5 Å². The van der Waals surface area contributed by atoms with Crippen LogP contribution in [-0.2, 0) is 0 Å². The van der Waals surface area contributed by atoms with E-state index in [4.69, 9.17) is 22.1 Å². The maximum atomic E-state index is 5.87. The molecule has 3 nitrogen and oxygen atoms in total. The van der Waals surface area contributed by atoms with E-state index in [1.165, 1.54) is 13.0 Å². The molecule has 1 saturated heterocycles. The van der Waals surface area contributed by atoms with Crippen molar-refractivity contribution in [3.63, 3.8) is 0 Å². The average molecular weight is 269 g/mol. The van der Waals surface area contributed by atoms with Crippen molar-refractivity contribution >= 4 is 11.6 Å². The summed E-state index contributed by atoms with van der Waals surface area (Å²) in [6, 6.07) is 7.49. The van der Waals surface area contributed by atoms with Gasteiger partial charge in [-0.3, -0.25) is 0 Å². The van der Waals surface area contributed by atoms with Gasteiger partial charge in [-0.25, -0.2) is 0 Å². The number of hydrogen-bond acceptors (Lipinski definition) is 3. The molecule has 1 heterocycles. The van der Waals surface area contributed by atoms with Gasteiger partial charge < -0.3 is 15.4 Å². The molecule has 100 valence electrons. The highest BCUT2D eigenvalue weighted by Gasteiger charge is 2.27. The van der Waals surface area contributed by atoms with Crippen molar-refractivity contribution in [2.75, 3.05) is 33.3 Å². The van der Waals surface area contributed by atoms with E-state index in [0.717, 1.165) is 17.3 Å². The van der Waals surface area contributed by atoms with E-state index >= 15 is 0 Å². The lowest BCUT2D eigenvalue weighted by atomic mass is 9.92. The molecule has 2 N–H and O–H groups in total. The summed E-state index contributed by atoms with van der Waals surface area (Å²) in [6.07, 6.45) is 1.22. The van der Waals surface area contributed by atoms with Crippen LogP contribution >= 0.6 is 11.6 Å². The van der Waals surface area contributed by atoms with Crippen LogP contribution in [0.4, 0.5) is 0 Å². The Labute approximate surface area is 114 Å².